The normalized spacial score (nSPS) is 16.8. The molecule has 0 amide bonds. The van der Waals surface area contributed by atoms with Gasteiger partial charge in [0.1, 0.15) is 18.5 Å². The van der Waals surface area contributed by atoms with Crippen LogP contribution < -0.4 is 4.90 Å². The minimum Gasteiger partial charge on any atom is -0.365 e. The Morgan fingerprint density at radius 3 is 2.59 bits per heavy atom. The van der Waals surface area contributed by atoms with E-state index in [-0.39, 0.29) is 11.4 Å². The number of benzene rings is 1. The summed E-state index contributed by atoms with van der Waals surface area (Å²) in [6.45, 7) is 6.27. The van der Waals surface area contributed by atoms with Gasteiger partial charge in [-0.2, -0.15) is 5.10 Å². The topological polar surface area (TPSA) is 46.3 Å². The van der Waals surface area contributed by atoms with Crippen molar-refractivity contribution in [3.8, 4) is 0 Å². The van der Waals surface area contributed by atoms with E-state index in [0.29, 0.717) is 5.56 Å². The average Bonchev–Trinajstić information content (AvgIpc) is 2.96. The summed E-state index contributed by atoms with van der Waals surface area (Å²) < 4.78 is 15.8. The van der Waals surface area contributed by atoms with Crippen LogP contribution in [0.1, 0.15) is 31.9 Å². The summed E-state index contributed by atoms with van der Waals surface area (Å²) in [5, 5.41) is 11.4. The molecule has 1 aromatic heterocycles. The van der Waals surface area contributed by atoms with Crippen molar-refractivity contribution >= 4 is 17.5 Å². The van der Waals surface area contributed by atoms with Gasteiger partial charge < -0.3 is 4.90 Å². The van der Waals surface area contributed by atoms with Crippen molar-refractivity contribution in [1.29, 1.82) is 0 Å². The van der Waals surface area contributed by atoms with E-state index < -0.39 is 0 Å². The smallest absolute Gasteiger partial charge is 0.141 e. The highest BCUT2D eigenvalue weighted by Crippen LogP contribution is 2.38. The number of likely N-dealkylation sites (N-methyl/N-ethyl adjacent to an activating group) is 1. The fourth-order valence-electron chi connectivity index (χ4n) is 2.67. The fraction of sp³-hybridized carbons (Fsp3) is 0.312. The number of nitrogens with zero attached hydrogens (tertiary/aromatic N) is 5. The van der Waals surface area contributed by atoms with Crippen LogP contribution in [0.25, 0.3) is 5.57 Å². The molecule has 2 heterocycles. The highest BCUT2D eigenvalue weighted by atomic mass is 19.1. The summed E-state index contributed by atoms with van der Waals surface area (Å²) in [5.41, 5.74) is 3.35. The Hall–Kier alpha value is -2.50. The fourth-order valence-corrected chi connectivity index (χ4v) is 2.67. The molecule has 1 aliphatic rings. The molecule has 2 aromatic rings. The number of allylic oxidation sites excluding steroid dienone is 1. The molecule has 0 bridgehead atoms. The van der Waals surface area contributed by atoms with Gasteiger partial charge in [0.05, 0.1) is 11.8 Å². The average molecular weight is 299 g/mol. The van der Waals surface area contributed by atoms with Crippen molar-refractivity contribution in [3.63, 3.8) is 0 Å². The molecule has 3 rings (SSSR count). The molecular weight excluding hydrogens is 281 g/mol. The van der Waals surface area contributed by atoms with E-state index in [2.05, 4.69) is 40.1 Å². The van der Waals surface area contributed by atoms with E-state index in [1.807, 2.05) is 20.0 Å². The van der Waals surface area contributed by atoms with E-state index >= 15 is 0 Å². The van der Waals surface area contributed by atoms with Gasteiger partial charge in [-0.1, -0.05) is 6.08 Å². The highest BCUT2D eigenvalue weighted by molar-refractivity contribution is 5.88. The van der Waals surface area contributed by atoms with Crippen LogP contribution in [-0.4, -0.2) is 33.7 Å². The molecule has 0 spiro atoms. The molecule has 0 saturated heterocycles. The van der Waals surface area contributed by atoms with Crippen molar-refractivity contribution < 1.29 is 4.39 Å². The summed E-state index contributed by atoms with van der Waals surface area (Å²) >= 11 is 0. The third-order valence-electron chi connectivity index (χ3n) is 4.07. The van der Waals surface area contributed by atoms with Gasteiger partial charge >= 0.3 is 0 Å². The largest absolute Gasteiger partial charge is 0.365 e. The van der Waals surface area contributed by atoms with Crippen LogP contribution in [0.4, 0.5) is 10.1 Å². The quantitative estimate of drug-likeness (QED) is 0.801. The van der Waals surface area contributed by atoms with Gasteiger partial charge in [0.15, 0.2) is 0 Å². The summed E-state index contributed by atoms with van der Waals surface area (Å²) in [7, 11) is 1.98. The first-order valence-electron chi connectivity index (χ1n) is 7.05. The zero-order valence-electron chi connectivity index (χ0n) is 13.1. The molecule has 1 aliphatic heterocycles. The monoisotopic (exact) mass is 299 g/mol. The third kappa shape index (κ3) is 2.41. The summed E-state index contributed by atoms with van der Waals surface area (Å²) in [5.74, 6) is -0.298. The van der Waals surface area contributed by atoms with Crippen LogP contribution in [0.15, 0.2) is 36.0 Å². The first-order valence-corrected chi connectivity index (χ1v) is 7.05. The number of hydrogen-bond acceptors (Lipinski definition) is 4. The molecule has 0 radical (unpaired) electrons. The van der Waals surface area contributed by atoms with E-state index in [4.69, 9.17) is 0 Å². The number of aromatic nitrogens is 3. The van der Waals surface area contributed by atoms with Gasteiger partial charge in [0.2, 0.25) is 0 Å². The van der Waals surface area contributed by atoms with Crippen molar-refractivity contribution in [2.24, 2.45) is 5.10 Å². The van der Waals surface area contributed by atoms with E-state index in [1.165, 1.54) is 23.5 Å². The number of halogens is 1. The Morgan fingerprint density at radius 2 is 1.91 bits per heavy atom. The lowest BCUT2D eigenvalue weighted by atomic mass is 9.88. The first-order chi connectivity index (χ1) is 10.4. The standard InChI is InChI=1S/C16H18FN5/c1-11-7-16(2,3)21(4)15-6-14(17)12(5-13(11)15)8-20-22-9-18-19-10-22/h5-10H,1-4H3/b20-8-. The van der Waals surface area contributed by atoms with Gasteiger partial charge in [-0.15, -0.1) is 10.2 Å². The van der Waals surface area contributed by atoms with Crippen molar-refractivity contribution in [2.45, 2.75) is 26.3 Å². The first kappa shape index (κ1) is 14.4. The lowest BCUT2D eigenvalue weighted by molar-refractivity contribution is 0.588. The Balaban J connectivity index is 2.05. The molecule has 6 heteroatoms. The Kier molecular flexibility index (Phi) is 3.31. The lowest BCUT2D eigenvalue weighted by Crippen LogP contribution is -2.42. The maximum absolute atomic E-state index is 14.4. The molecule has 0 unspecified atom stereocenters. The number of anilines is 1. The Bertz CT molecular complexity index is 759. The van der Waals surface area contributed by atoms with Gasteiger partial charge in [0.25, 0.3) is 0 Å². The summed E-state index contributed by atoms with van der Waals surface area (Å²) in [6.07, 6.45) is 6.57. The minimum absolute atomic E-state index is 0.137. The molecule has 0 fully saturated rings. The molecule has 22 heavy (non-hydrogen) atoms. The maximum Gasteiger partial charge on any atom is 0.141 e. The predicted octanol–water partition coefficient (Wildman–Crippen LogP) is 2.93. The summed E-state index contributed by atoms with van der Waals surface area (Å²) in [4.78, 5) is 2.08. The van der Waals surface area contributed by atoms with Gasteiger partial charge in [-0.05, 0) is 38.5 Å². The van der Waals surface area contributed by atoms with Crippen LogP contribution in [0.5, 0.6) is 0 Å². The highest BCUT2D eigenvalue weighted by Gasteiger charge is 2.29. The Morgan fingerprint density at radius 1 is 1.23 bits per heavy atom. The molecule has 1 aromatic carbocycles. The maximum atomic E-state index is 14.4. The van der Waals surface area contributed by atoms with Crippen molar-refractivity contribution in [1.82, 2.24) is 14.9 Å². The summed E-state index contributed by atoms with van der Waals surface area (Å²) in [6, 6.07) is 3.40. The number of rotatable bonds is 2. The Labute approximate surface area is 128 Å². The number of fused-ring (bicyclic) bond motifs is 1. The SMILES string of the molecule is CC1=CC(C)(C)N(C)c2cc(F)c(/C=N\n3cnnc3)cc21. The van der Waals surface area contributed by atoms with Crippen molar-refractivity contribution in [3.05, 3.63) is 47.8 Å². The second-order valence-corrected chi connectivity index (χ2v) is 6.02. The van der Waals surface area contributed by atoms with Crippen LogP contribution in [0.2, 0.25) is 0 Å². The van der Waals surface area contributed by atoms with Crippen LogP contribution in [-0.2, 0) is 0 Å². The molecule has 0 N–H and O–H groups in total. The molecule has 0 saturated carbocycles. The molecule has 0 aliphatic carbocycles. The van der Waals surface area contributed by atoms with Crippen LogP contribution in [0, 0.1) is 5.82 Å². The lowest BCUT2D eigenvalue weighted by Gasteiger charge is -2.40. The second kappa shape index (κ2) is 5.05. The zero-order valence-corrected chi connectivity index (χ0v) is 13.1. The van der Waals surface area contributed by atoms with Gasteiger partial charge in [-0.25, -0.2) is 9.07 Å². The molecular formula is C16H18FN5. The van der Waals surface area contributed by atoms with Crippen LogP contribution >= 0.6 is 0 Å². The zero-order chi connectivity index (χ0) is 15.9. The van der Waals surface area contributed by atoms with Gasteiger partial charge in [-0.3, -0.25) is 0 Å². The predicted molar refractivity (Wildman–Crippen MR) is 85.5 cm³/mol. The van der Waals surface area contributed by atoms with E-state index in [9.17, 15) is 4.39 Å². The molecule has 5 nitrogen and oxygen atoms in total. The molecule has 0 atom stereocenters. The molecule has 114 valence electrons. The second-order valence-electron chi connectivity index (χ2n) is 6.02. The number of hydrogen-bond donors (Lipinski definition) is 0. The van der Waals surface area contributed by atoms with Gasteiger partial charge in [0, 0.05) is 23.9 Å². The third-order valence-corrected chi connectivity index (χ3v) is 4.07. The minimum atomic E-state index is -0.298. The van der Waals surface area contributed by atoms with Crippen molar-refractivity contribution in [2.75, 3.05) is 11.9 Å². The van der Waals surface area contributed by atoms with E-state index in [1.54, 1.807) is 6.07 Å². The van der Waals surface area contributed by atoms with E-state index in [0.717, 1.165) is 16.8 Å². The van der Waals surface area contributed by atoms with Crippen LogP contribution in [0.3, 0.4) is 0 Å².